The van der Waals surface area contributed by atoms with Crippen LogP contribution in [0.1, 0.15) is 54.4 Å². The van der Waals surface area contributed by atoms with Crippen molar-refractivity contribution in [1.82, 2.24) is 0 Å². The molecule has 0 aromatic rings. The maximum absolute atomic E-state index is 12.8. The molecule has 25 heavy (non-hydrogen) atoms. The lowest BCUT2D eigenvalue weighted by Gasteiger charge is -2.62. The van der Waals surface area contributed by atoms with Crippen molar-refractivity contribution >= 4 is 19.8 Å². The van der Waals surface area contributed by atoms with Crippen molar-refractivity contribution in [1.29, 1.82) is 0 Å². The first-order chi connectivity index (χ1) is 11.0. The lowest BCUT2D eigenvalue weighted by atomic mass is 9.44. The Bertz CT molecular complexity index is 566. The second-order valence-corrected chi connectivity index (χ2v) is 16.6. The van der Waals surface area contributed by atoms with E-state index in [0.29, 0.717) is 5.92 Å². The standard InChI is InChI=1S/C20H37NO3Si/c1-18(2,3)24-17(22)14(12-25(7,8)9)21-16-11-13-10-15(19(13,4)5)20(16,6)23/h13-15,23H,10-12H2,1-9H3/t13-,14+,15-,20-/m1/s1. The topological polar surface area (TPSA) is 58.9 Å². The van der Waals surface area contributed by atoms with Crippen LogP contribution in [0.15, 0.2) is 4.99 Å². The van der Waals surface area contributed by atoms with Gasteiger partial charge in [-0.2, -0.15) is 0 Å². The summed E-state index contributed by atoms with van der Waals surface area (Å²) in [4.78, 5) is 17.6. The van der Waals surface area contributed by atoms with Crippen LogP contribution >= 0.6 is 0 Å². The van der Waals surface area contributed by atoms with E-state index in [1.165, 1.54) is 0 Å². The monoisotopic (exact) mass is 367 g/mol. The zero-order valence-corrected chi connectivity index (χ0v) is 18.6. The molecule has 1 N–H and O–H groups in total. The zero-order valence-electron chi connectivity index (χ0n) is 17.6. The van der Waals surface area contributed by atoms with Crippen LogP contribution in [0.5, 0.6) is 0 Å². The fourth-order valence-corrected chi connectivity index (χ4v) is 5.88. The van der Waals surface area contributed by atoms with Gasteiger partial charge in [0.2, 0.25) is 0 Å². The highest BCUT2D eigenvalue weighted by Gasteiger charge is 2.61. The van der Waals surface area contributed by atoms with Gasteiger partial charge in [-0.3, -0.25) is 4.99 Å². The predicted octanol–water partition coefficient (Wildman–Crippen LogP) is 4.29. The Morgan fingerprint density at radius 3 is 2.28 bits per heavy atom. The van der Waals surface area contributed by atoms with E-state index in [1.54, 1.807) is 0 Å². The van der Waals surface area contributed by atoms with Gasteiger partial charge < -0.3 is 9.84 Å². The summed E-state index contributed by atoms with van der Waals surface area (Å²) in [5, 5.41) is 11.2. The third kappa shape index (κ3) is 4.36. The summed E-state index contributed by atoms with van der Waals surface area (Å²) in [7, 11) is -1.51. The molecule has 0 heterocycles. The van der Waals surface area contributed by atoms with Crippen molar-refractivity contribution in [3.63, 3.8) is 0 Å². The molecule has 3 rings (SSSR count). The molecule has 0 aliphatic heterocycles. The number of hydrogen-bond acceptors (Lipinski definition) is 4. The molecular weight excluding hydrogens is 330 g/mol. The number of carbonyl (C=O) groups excluding carboxylic acids is 1. The molecule has 0 unspecified atom stereocenters. The minimum Gasteiger partial charge on any atom is -0.458 e. The number of hydrogen-bond donors (Lipinski definition) is 1. The highest BCUT2D eigenvalue weighted by atomic mass is 28.3. The van der Waals surface area contributed by atoms with Crippen molar-refractivity contribution in [2.75, 3.05) is 0 Å². The van der Waals surface area contributed by atoms with E-state index in [9.17, 15) is 9.90 Å². The van der Waals surface area contributed by atoms with Crippen molar-refractivity contribution in [2.45, 2.75) is 97.3 Å². The maximum Gasteiger partial charge on any atom is 0.331 e. The first kappa shape index (κ1) is 20.6. The molecule has 5 heteroatoms. The Balaban J connectivity index is 2.29. The Hall–Kier alpha value is -0.683. The van der Waals surface area contributed by atoms with Gasteiger partial charge in [-0.15, -0.1) is 0 Å². The van der Waals surface area contributed by atoms with Gasteiger partial charge in [-0.05, 0) is 63.8 Å². The van der Waals surface area contributed by atoms with Crippen LogP contribution in [-0.4, -0.2) is 42.1 Å². The van der Waals surface area contributed by atoms with Crippen LogP contribution in [0.3, 0.4) is 0 Å². The van der Waals surface area contributed by atoms with E-state index in [4.69, 9.17) is 9.73 Å². The Morgan fingerprint density at radius 2 is 1.88 bits per heavy atom. The van der Waals surface area contributed by atoms with Gasteiger partial charge >= 0.3 is 5.97 Å². The second kappa shape index (κ2) is 6.19. The van der Waals surface area contributed by atoms with Crippen LogP contribution < -0.4 is 0 Å². The van der Waals surface area contributed by atoms with Crippen LogP contribution in [0.4, 0.5) is 0 Å². The van der Waals surface area contributed by atoms with Crippen LogP contribution in [0.2, 0.25) is 25.7 Å². The normalized spacial score (nSPS) is 34.4. The number of rotatable bonds is 4. The van der Waals surface area contributed by atoms with Gasteiger partial charge in [0.05, 0.1) is 0 Å². The number of ether oxygens (including phenoxy) is 1. The second-order valence-electron chi connectivity index (χ2n) is 11.0. The third-order valence-corrected chi connectivity index (χ3v) is 7.58. The van der Waals surface area contributed by atoms with Crippen LogP contribution in [0.25, 0.3) is 0 Å². The summed E-state index contributed by atoms with van der Waals surface area (Å²) in [5.74, 6) is 0.531. The molecule has 2 bridgehead atoms. The van der Waals surface area contributed by atoms with E-state index in [1.807, 2.05) is 27.7 Å². The van der Waals surface area contributed by atoms with Gasteiger partial charge in [0.15, 0.2) is 0 Å². The number of fused-ring (bicyclic) bond motifs is 2. The number of nitrogens with zero attached hydrogens (tertiary/aromatic N) is 1. The van der Waals surface area contributed by atoms with Crippen molar-refractivity contribution < 1.29 is 14.6 Å². The molecule has 0 spiro atoms. The summed E-state index contributed by atoms with van der Waals surface area (Å²) in [6.07, 6.45) is 1.85. The Kier molecular flexibility index (Phi) is 5.11. The van der Waals surface area contributed by atoms with Crippen LogP contribution in [-0.2, 0) is 9.53 Å². The van der Waals surface area contributed by atoms with E-state index < -0.39 is 25.3 Å². The van der Waals surface area contributed by atoms with Gasteiger partial charge in [0.25, 0.3) is 0 Å². The lowest BCUT2D eigenvalue weighted by Crippen LogP contribution is -2.65. The molecule has 0 saturated heterocycles. The SMILES string of the molecule is CC(C)(C)OC(=O)[C@H](C[Si](C)(C)C)N=C1C[C@H]2C[C@H](C2(C)C)[C@@]1(C)O. The van der Waals surface area contributed by atoms with Crippen molar-refractivity contribution in [3.8, 4) is 0 Å². The minimum absolute atomic E-state index is 0.155. The largest absolute Gasteiger partial charge is 0.458 e. The number of esters is 1. The number of aliphatic imine (C=N–C) groups is 1. The molecule has 0 aromatic heterocycles. The molecule has 3 aliphatic carbocycles. The van der Waals surface area contributed by atoms with Gasteiger partial charge in [-0.25, -0.2) is 4.79 Å². The predicted molar refractivity (Wildman–Crippen MR) is 106 cm³/mol. The van der Waals surface area contributed by atoms with E-state index in [-0.39, 0.29) is 17.3 Å². The highest BCUT2D eigenvalue weighted by Crippen LogP contribution is 2.61. The molecule has 3 fully saturated rings. The van der Waals surface area contributed by atoms with Gasteiger partial charge in [0, 0.05) is 13.8 Å². The maximum atomic E-state index is 12.8. The molecule has 4 nitrogen and oxygen atoms in total. The smallest absolute Gasteiger partial charge is 0.331 e. The summed E-state index contributed by atoms with van der Waals surface area (Å²) in [5.41, 5.74) is -0.475. The summed E-state index contributed by atoms with van der Waals surface area (Å²) < 4.78 is 5.63. The Labute approximate surface area is 154 Å². The summed E-state index contributed by atoms with van der Waals surface area (Å²) in [6, 6.07) is 0.258. The zero-order chi connectivity index (χ0) is 19.4. The van der Waals surface area contributed by atoms with Crippen molar-refractivity contribution in [2.24, 2.45) is 22.2 Å². The molecule has 4 atom stereocenters. The van der Waals surface area contributed by atoms with E-state index in [2.05, 4.69) is 33.5 Å². The van der Waals surface area contributed by atoms with E-state index in [0.717, 1.165) is 24.6 Å². The summed E-state index contributed by atoms with van der Waals surface area (Å²) >= 11 is 0. The van der Waals surface area contributed by atoms with Crippen LogP contribution in [0, 0.1) is 17.3 Å². The highest BCUT2D eigenvalue weighted by molar-refractivity contribution is 6.76. The minimum atomic E-state index is -1.51. The average Bonchev–Trinajstić information content (AvgIpc) is 2.35. The first-order valence-corrected chi connectivity index (χ1v) is 13.3. The molecule has 144 valence electrons. The van der Waals surface area contributed by atoms with Gasteiger partial charge in [0.1, 0.15) is 17.2 Å². The Morgan fingerprint density at radius 1 is 1.32 bits per heavy atom. The number of carbonyl (C=O) groups is 1. The number of aliphatic hydroxyl groups is 1. The quantitative estimate of drug-likeness (QED) is 0.595. The summed E-state index contributed by atoms with van der Waals surface area (Å²) in [6.45, 7) is 18.7. The fourth-order valence-electron chi connectivity index (χ4n) is 4.46. The van der Waals surface area contributed by atoms with E-state index >= 15 is 0 Å². The van der Waals surface area contributed by atoms with Gasteiger partial charge in [-0.1, -0.05) is 33.5 Å². The first-order valence-electron chi connectivity index (χ1n) is 9.56. The third-order valence-electron chi connectivity index (χ3n) is 5.97. The fraction of sp³-hybridized carbons (Fsp3) is 0.900. The molecule has 0 radical (unpaired) electrons. The van der Waals surface area contributed by atoms with Crippen molar-refractivity contribution in [3.05, 3.63) is 0 Å². The molecule has 0 amide bonds. The lowest BCUT2D eigenvalue weighted by molar-refractivity contribution is -0.156. The molecular formula is C20H37NO3Si. The average molecular weight is 368 g/mol. The molecule has 0 aromatic carbocycles. The molecule has 3 saturated carbocycles. The molecule has 3 aliphatic rings.